The highest BCUT2D eigenvalue weighted by Crippen LogP contribution is 2.21. The van der Waals surface area contributed by atoms with Gasteiger partial charge in [-0.05, 0) is 25.5 Å². The largest absolute Gasteiger partial charge is 0.392 e. The number of rotatable bonds is 4. The van der Waals surface area contributed by atoms with Crippen LogP contribution >= 0.6 is 22.9 Å². The van der Waals surface area contributed by atoms with E-state index in [1.54, 1.807) is 11.3 Å². The number of aliphatic hydroxyl groups excluding tert-OH is 1. The first kappa shape index (κ1) is 13.5. The molecule has 0 fully saturated rings. The Bertz CT molecular complexity index is 519. The molecule has 0 radical (unpaired) electrons. The number of thiazole rings is 1. The lowest BCUT2D eigenvalue weighted by Gasteiger charge is -2.10. The first-order chi connectivity index (χ1) is 8.56. The van der Waals surface area contributed by atoms with Crippen molar-refractivity contribution < 1.29 is 5.11 Å². The number of halogens is 1. The molecule has 96 valence electrons. The van der Waals surface area contributed by atoms with E-state index in [1.807, 2.05) is 31.2 Å². The molecule has 4 heteroatoms. The SMILES string of the molecule is Cc1nc(CC(O)Cc2ccccc2Cl)sc1C. The number of aliphatic hydroxyl groups is 1. The quantitative estimate of drug-likeness (QED) is 0.929. The minimum Gasteiger partial charge on any atom is -0.392 e. The average Bonchev–Trinajstić information content (AvgIpc) is 2.61. The number of benzene rings is 1. The van der Waals surface area contributed by atoms with Crippen molar-refractivity contribution in [1.82, 2.24) is 4.98 Å². The van der Waals surface area contributed by atoms with Gasteiger partial charge in [0, 0.05) is 22.7 Å². The van der Waals surface area contributed by atoms with Crippen molar-refractivity contribution in [2.45, 2.75) is 32.8 Å². The maximum absolute atomic E-state index is 10.1. The van der Waals surface area contributed by atoms with Crippen LogP contribution in [0.25, 0.3) is 0 Å². The Kier molecular flexibility index (Phi) is 4.38. The van der Waals surface area contributed by atoms with Crippen molar-refractivity contribution in [2.24, 2.45) is 0 Å². The van der Waals surface area contributed by atoms with Gasteiger partial charge >= 0.3 is 0 Å². The van der Waals surface area contributed by atoms with Crippen molar-refractivity contribution in [3.8, 4) is 0 Å². The number of aromatic nitrogens is 1. The summed E-state index contributed by atoms with van der Waals surface area (Å²) < 4.78 is 0. The summed E-state index contributed by atoms with van der Waals surface area (Å²) in [4.78, 5) is 5.66. The predicted molar refractivity (Wildman–Crippen MR) is 76.5 cm³/mol. The lowest BCUT2D eigenvalue weighted by atomic mass is 10.1. The Morgan fingerprint density at radius 1 is 1.28 bits per heavy atom. The summed E-state index contributed by atoms with van der Waals surface area (Å²) in [7, 11) is 0. The molecule has 1 unspecified atom stereocenters. The molecular formula is C14H16ClNOS. The average molecular weight is 282 g/mol. The van der Waals surface area contributed by atoms with Gasteiger partial charge in [0.05, 0.1) is 16.8 Å². The van der Waals surface area contributed by atoms with Crippen LogP contribution in [-0.4, -0.2) is 16.2 Å². The van der Waals surface area contributed by atoms with Crippen LogP contribution < -0.4 is 0 Å². The third kappa shape index (κ3) is 3.31. The molecule has 0 bridgehead atoms. The van der Waals surface area contributed by atoms with Crippen LogP contribution in [-0.2, 0) is 12.8 Å². The second kappa shape index (κ2) is 5.83. The summed E-state index contributed by atoms with van der Waals surface area (Å²) in [5.74, 6) is 0. The Labute approximate surface area is 116 Å². The Hall–Kier alpha value is -0.900. The Morgan fingerprint density at radius 2 is 2.00 bits per heavy atom. The fourth-order valence-corrected chi connectivity index (χ4v) is 3.04. The molecule has 2 nitrogen and oxygen atoms in total. The predicted octanol–water partition coefficient (Wildman–Crippen LogP) is 3.56. The summed E-state index contributed by atoms with van der Waals surface area (Å²) >= 11 is 7.73. The Morgan fingerprint density at radius 3 is 2.61 bits per heavy atom. The van der Waals surface area contributed by atoms with Gasteiger partial charge in [0.1, 0.15) is 0 Å². The number of nitrogens with zero attached hydrogens (tertiary/aromatic N) is 1. The third-order valence-corrected chi connectivity index (χ3v) is 4.36. The van der Waals surface area contributed by atoms with E-state index in [1.165, 1.54) is 4.88 Å². The van der Waals surface area contributed by atoms with E-state index in [-0.39, 0.29) is 0 Å². The van der Waals surface area contributed by atoms with Crippen LogP contribution in [0.4, 0.5) is 0 Å². The third-order valence-electron chi connectivity index (χ3n) is 2.90. The fourth-order valence-electron chi connectivity index (χ4n) is 1.82. The van der Waals surface area contributed by atoms with Crippen LogP contribution in [0.5, 0.6) is 0 Å². The zero-order valence-electron chi connectivity index (χ0n) is 10.5. The van der Waals surface area contributed by atoms with E-state index < -0.39 is 6.10 Å². The summed E-state index contributed by atoms with van der Waals surface area (Å²) in [6.07, 6.45) is 0.719. The maximum atomic E-state index is 10.1. The number of aryl methyl sites for hydroxylation is 2. The molecule has 0 aliphatic heterocycles. The lowest BCUT2D eigenvalue weighted by Crippen LogP contribution is -2.14. The zero-order valence-corrected chi connectivity index (χ0v) is 12.1. The molecule has 0 spiro atoms. The molecule has 0 aliphatic carbocycles. The van der Waals surface area contributed by atoms with Crippen LogP contribution in [0.3, 0.4) is 0 Å². The van der Waals surface area contributed by atoms with E-state index in [2.05, 4.69) is 11.9 Å². The molecule has 1 aromatic carbocycles. The van der Waals surface area contributed by atoms with Crippen molar-refractivity contribution in [2.75, 3.05) is 0 Å². The summed E-state index contributed by atoms with van der Waals surface area (Å²) in [5.41, 5.74) is 2.04. The van der Waals surface area contributed by atoms with Crippen molar-refractivity contribution in [3.05, 3.63) is 50.4 Å². The van der Waals surface area contributed by atoms with Crippen molar-refractivity contribution in [1.29, 1.82) is 0 Å². The van der Waals surface area contributed by atoms with Crippen molar-refractivity contribution >= 4 is 22.9 Å². The number of hydrogen-bond acceptors (Lipinski definition) is 3. The van der Waals surface area contributed by atoms with Gasteiger partial charge in [-0.25, -0.2) is 4.98 Å². The van der Waals surface area contributed by atoms with Crippen molar-refractivity contribution in [3.63, 3.8) is 0 Å². The molecule has 1 N–H and O–H groups in total. The van der Waals surface area contributed by atoms with Gasteiger partial charge in [-0.1, -0.05) is 29.8 Å². The van der Waals surface area contributed by atoms with Gasteiger partial charge in [-0.15, -0.1) is 11.3 Å². The normalized spacial score (nSPS) is 12.7. The maximum Gasteiger partial charge on any atom is 0.0956 e. The van der Waals surface area contributed by atoms with Crippen LogP contribution in [0, 0.1) is 13.8 Å². The summed E-state index contributed by atoms with van der Waals surface area (Å²) in [6, 6.07) is 7.63. The minimum absolute atomic E-state index is 0.435. The minimum atomic E-state index is -0.435. The second-order valence-electron chi connectivity index (χ2n) is 4.40. The van der Waals surface area contributed by atoms with Gasteiger partial charge in [0.15, 0.2) is 0 Å². The van der Waals surface area contributed by atoms with Crippen LogP contribution in [0.1, 0.15) is 21.1 Å². The van der Waals surface area contributed by atoms with E-state index in [0.29, 0.717) is 17.9 Å². The molecule has 1 atom stereocenters. The zero-order chi connectivity index (χ0) is 13.1. The monoisotopic (exact) mass is 281 g/mol. The molecule has 0 amide bonds. The van der Waals surface area contributed by atoms with Gasteiger partial charge < -0.3 is 5.11 Å². The van der Waals surface area contributed by atoms with Crippen LogP contribution in [0.2, 0.25) is 5.02 Å². The fraction of sp³-hybridized carbons (Fsp3) is 0.357. The van der Waals surface area contributed by atoms with Crippen LogP contribution in [0.15, 0.2) is 24.3 Å². The van der Waals surface area contributed by atoms with Gasteiger partial charge in [0.25, 0.3) is 0 Å². The molecule has 18 heavy (non-hydrogen) atoms. The van der Waals surface area contributed by atoms with Gasteiger partial charge in [-0.2, -0.15) is 0 Å². The molecule has 1 heterocycles. The van der Waals surface area contributed by atoms with E-state index in [9.17, 15) is 5.11 Å². The smallest absolute Gasteiger partial charge is 0.0956 e. The van der Waals surface area contributed by atoms with Gasteiger partial charge in [0.2, 0.25) is 0 Å². The highest BCUT2D eigenvalue weighted by atomic mass is 35.5. The molecule has 0 saturated carbocycles. The highest BCUT2D eigenvalue weighted by Gasteiger charge is 2.12. The first-order valence-corrected chi connectivity index (χ1v) is 7.10. The molecule has 2 aromatic rings. The molecule has 1 aromatic heterocycles. The second-order valence-corrected chi connectivity index (χ2v) is 6.10. The van der Waals surface area contributed by atoms with E-state index >= 15 is 0 Å². The van der Waals surface area contributed by atoms with Gasteiger partial charge in [-0.3, -0.25) is 0 Å². The topological polar surface area (TPSA) is 33.1 Å². The van der Waals surface area contributed by atoms with E-state index in [4.69, 9.17) is 11.6 Å². The van der Waals surface area contributed by atoms with E-state index in [0.717, 1.165) is 16.3 Å². The molecule has 2 rings (SSSR count). The lowest BCUT2D eigenvalue weighted by molar-refractivity contribution is 0.175. The summed E-state index contributed by atoms with van der Waals surface area (Å²) in [5, 5.41) is 11.8. The number of hydrogen-bond donors (Lipinski definition) is 1. The molecule has 0 aliphatic rings. The first-order valence-electron chi connectivity index (χ1n) is 5.90. The molecular weight excluding hydrogens is 266 g/mol. The standard InChI is InChI=1S/C14H16ClNOS/c1-9-10(2)18-14(16-9)8-12(17)7-11-5-3-4-6-13(11)15/h3-6,12,17H,7-8H2,1-2H3. The molecule has 0 saturated heterocycles. The Balaban J connectivity index is 2.01. The summed E-state index contributed by atoms with van der Waals surface area (Å²) in [6.45, 7) is 4.05. The highest BCUT2D eigenvalue weighted by molar-refractivity contribution is 7.11.